The van der Waals surface area contributed by atoms with Gasteiger partial charge in [0, 0.05) is 12.1 Å². The van der Waals surface area contributed by atoms with E-state index >= 15 is 0 Å². The van der Waals surface area contributed by atoms with Crippen LogP contribution in [-0.2, 0) is 11.2 Å². The number of benzene rings is 3. The van der Waals surface area contributed by atoms with Crippen LogP contribution in [0.25, 0.3) is 0 Å². The van der Waals surface area contributed by atoms with Crippen LogP contribution < -0.4 is 24.8 Å². The summed E-state index contributed by atoms with van der Waals surface area (Å²) < 4.78 is 16.3. The number of rotatable bonds is 10. The molecule has 0 heterocycles. The Balaban J connectivity index is 1.57. The minimum Gasteiger partial charge on any atom is -0.495 e. The number of amides is 2. The van der Waals surface area contributed by atoms with Gasteiger partial charge in [-0.15, -0.1) is 0 Å². The Labute approximate surface area is 206 Å². The molecule has 0 bridgehead atoms. The van der Waals surface area contributed by atoms with Crippen molar-refractivity contribution in [3.63, 3.8) is 0 Å². The molecule has 0 aromatic heterocycles. The molecule has 0 spiro atoms. The van der Waals surface area contributed by atoms with E-state index in [1.165, 1.54) is 36.5 Å². The zero-order valence-electron chi connectivity index (χ0n) is 20.9. The third kappa shape index (κ3) is 6.76. The predicted octanol–water partition coefficient (Wildman–Crippen LogP) is 4.62. The molecular weight excluding hydrogens is 444 g/mol. The van der Waals surface area contributed by atoms with Crippen molar-refractivity contribution in [2.45, 2.75) is 27.2 Å². The number of nitrogens with one attached hydrogen (secondary N) is 2. The summed E-state index contributed by atoms with van der Waals surface area (Å²) in [6.07, 6.45) is 0.753. The summed E-state index contributed by atoms with van der Waals surface area (Å²) >= 11 is 0. The normalized spacial score (nSPS) is 10.4. The number of carbonyl (C=O) groups excluding carboxylic acids is 2. The molecule has 0 aliphatic heterocycles. The van der Waals surface area contributed by atoms with Crippen molar-refractivity contribution in [2.24, 2.45) is 0 Å². The Morgan fingerprint density at radius 3 is 2.20 bits per heavy atom. The zero-order chi connectivity index (χ0) is 25.4. The number of hydrogen-bond donors (Lipinski definition) is 2. The lowest BCUT2D eigenvalue weighted by Crippen LogP contribution is -2.26. The van der Waals surface area contributed by atoms with Crippen LogP contribution >= 0.6 is 0 Å². The first-order valence-corrected chi connectivity index (χ1v) is 11.4. The maximum Gasteiger partial charge on any atom is 0.262 e. The minimum atomic E-state index is -0.347. The van der Waals surface area contributed by atoms with Crippen molar-refractivity contribution >= 4 is 17.5 Å². The lowest BCUT2D eigenvalue weighted by Gasteiger charge is -2.14. The molecule has 0 saturated carbocycles. The largest absolute Gasteiger partial charge is 0.495 e. The second kappa shape index (κ2) is 11.9. The Kier molecular flexibility index (Phi) is 8.73. The number of ether oxygens (including phenoxy) is 3. The van der Waals surface area contributed by atoms with Crippen molar-refractivity contribution in [3.8, 4) is 17.2 Å². The molecule has 0 aliphatic carbocycles. The lowest BCUT2D eigenvalue weighted by molar-refractivity contribution is -0.118. The van der Waals surface area contributed by atoms with Gasteiger partial charge >= 0.3 is 0 Å². The van der Waals surface area contributed by atoms with E-state index in [0.717, 1.165) is 6.42 Å². The molecule has 0 atom stereocenters. The van der Waals surface area contributed by atoms with Crippen LogP contribution in [-0.4, -0.2) is 39.2 Å². The third-order valence-corrected chi connectivity index (χ3v) is 5.67. The van der Waals surface area contributed by atoms with E-state index in [-0.39, 0.29) is 18.4 Å². The molecule has 0 unspecified atom stereocenters. The third-order valence-electron chi connectivity index (χ3n) is 5.67. The average molecular weight is 477 g/mol. The topological polar surface area (TPSA) is 85.9 Å². The fourth-order valence-electron chi connectivity index (χ4n) is 4.01. The Morgan fingerprint density at radius 2 is 1.51 bits per heavy atom. The monoisotopic (exact) mass is 476 g/mol. The van der Waals surface area contributed by atoms with Crippen molar-refractivity contribution in [3.05, 3.63) is 82.4 Å². The SMILES string of the molecule is COc1ccccc1NC(=O)COc1ccc(C(=O)NCCc2c(C)cc(C)cc2C)cc1OC. The summed E-state index contributed by atoms with van der Waals surface area (Å²) in [5, 5.41) is 5.72. The highest BCUT2D eigenvalue weighted by Crippen LogP contribution is 2.28. The van der Waals surface area contributed by atoms with Crippen LogP contribution in [0.5, 0.6) is 17.2 Å². The predicted molar refractivity (Wildman–Crippen MR) is 137 cm³/mol. The molecule has 2 amide bonds. The highest BCUT2D eigenvalue weighted by atomic mass is 16.5. The summed E-state index contributed by atoms with van der Waals surface area (Å²) in [6, 6.07) is 16.3. The van der Waals surface area contributed by atoms with E-state index in [4.69, 9.17) is 14.2 Å². The van der Waals surface area contributed by atoms with E-state index in [1.807, 2.05) is 6.07 Å². The number of carbonyl (C=O) groups is 2. The smallest absolute Gasteiger partial charge is 0.262 e. The lowest BCUT2D eigenvalue weighted by atomic mass is 9.97. The van der Waals surface area contributed by atoms with Crippen molar-refractivity contribution in [1.29, 1.82) is 0 Å². The zero-order valence-corrected chi connectivity index (χ0v) is 20.9. The molecule has 7 nitrogen and oxygen atoms in total. The molecule has 0 radical (unpaired) electrons. The van der Waals surface area contributed by atoms with E-state index < -0.39 is 0 Å². The molecule has 3 aromatic carbocycles. The van der Waals surface area contributed by atoms with Gasteiger partial charge in [-0.1, -0.05) is 29.8 Å². The summed E-state index contributed by atoms with van der Waals surface area (Å²) in [5.41, 5.74) is 5.95. The number of aryl methyl sites for hydroxylation is 3. The van der Waals surface area contributed by atoms with E-state index in [1.54, 1.807) is 36.4 Å². The summed E-state index contributed by atoms with van der Waals surface area (Å²) in [5.74, 6) is 0.742. The maximum absolute atomic E-state index is 12.7. The molecule has 0 saturated heterocycles. The van der Waals surface area contributed by atoms with Crippen molar-refractivity contribution < 1.29 is 23.8 Å². The Morgan fingerprint density at radius 1 is 0.829 bits per heavy atom. The number of para-hydroxylation sites is 2. The molecule has 0 aliphatic rings. The van der Waals surface area contributed by atoms with Crippen molar-refractivity contribution in [1.82, 2.24) is 5.32 Å². The van der Waals surface area contributed by atoms with Gasteiger partial charge in [-0.3, -0.25) is 9.59 Å². The van der Waals surface area contributed by atoms with E-state index in [2.05, 4.69) is 43.5 Å². The standard InChI is InChI=1S/C28H32N2O5/c1-18-14-19(2)22(20(3)15-18)12-13-29-28(32)21-10-11-25(26(16-21)34-5)35-17-27(31)30-23-8-6-7-9-24(23)33-4/h6-11,14-16H,12-13,17H2,1-5H3,(H,29,32)(H,30,31). The number of hydrogen-bond acceptors (Lipinski definition) is 5. The van der Waals surface area contributed by atoms with E-state index in [0.29, 0.717) is 35.0 Å². The number of methoxy groups -OCH3 is 2. The van der Waals surface area contributed by atoms with Crippen LogP contribution in [0.4, 0.5) is 5.69 Å². The minimum absolute atomic E-state index is 0.203. The summed E-state index contributed by atoms with van der Waals surface area (Å²) in [6.45, 7) is 6.57. The van der Waals surface area contributed by atoms with Gasteiger partial charge < -0.3 is 24.8 Å². The van der Waals surface area contributed by atoms with Gasteiger partial charge in [-0.2, -0.15) is 0 Å². The van der Waals surface area contributed by atoms with Gasteiger partial charge in [0.1, 0.15) is 5.75 Å². The van der Waals surface area contributed by atoms with Gasteiger partial charge in [-0.25, -0.2) is 0 Å². The molecule has 3 aromatic rings. The summed E-state index contributed by atoms with van der Waals surface area (Å²) in [4.78, 5) is 25.0. The van der Waals surface area contributed by atoms with Gasteiger partial charge in [0.05, 0.1) is 19.9 Å². The first-order chi connectivity index (χ1) is 16.8. The molecule has 2 N–H and O–H groups in total. The second-order valence-electron chi connectivity index (χ2n) is 8.29. The fraction of sp³-hybridized carbons (Fsp3) is 0.286. The molecule has 35 heavy (non-hydrogen) atoms. The molecule has 184 valence electrons. The van der Waals surface area contributed by atoms with E-state index in [9.17, 15) is 9.59 Å². The highest BCUT2D eigenvalue weighted by molar-refractivity contribution is 5.95. The number of anilines is 1. The first kappa shape index (κ1) is 25.6. The Hall–Kier alpha value is -4.00. The first-order valence-electron chi connectivity index (χ1n) is 11.4. The van der Waals surface area contributed by atoms with Crippen LogP contribution in [0.2, 0.25) is 0 Å². The molecule has 7 heteroatoms. The van der Waals surface area contributed by atoms with Gasteiger partial charge in [0.25, 0.3) is 11.8 Å². The summed E-state index contributed by atoms with van der Waals surface area (Å²) in [7, 11) is 3.02. The van der Waals surface area contributed by atoms with Crippen LogP contribution in [0, 0.1) is 20.8 Å². The van der Waals surface area contributed by atoms with Crippen LogP contribution in [0.1, 0.15) is 32.6 Å². The molecule has 0 fully saturated rings. The van der Waals surface area contributed by atoms with Gasteiger partial charge in [0.2, 0.25) is 0 Å². The quantitative estimate of drug-likeness (QED) is 0.446. The van der Waals surface area contributed by atoms with Crippen LogP contribution in [0.15, 0.2) is 54.6 Å². The highest BCUT2D eigenvalue weighted by Gasteiger charge is 2.14. The Bertz CT molecular complexity index is 1180. The molecule has 3 rings (SSSR count). The van der Waals surface area contributed by atoms with Crippen LogP contribution in [0.3, 0.4) is 0 Å². The van der Waals surface area contributed by atoms with Crippen molar-refractivity contribution in [2.75, 3.05) is 32.7 Å². The second-order valence-corrected chi connectivity index (χ2v) is 8.29. The average Bonchev–Trinajstić information content (AvgIpc) is 2.84. The van der Waals surface area contributed by atoms with Gasteiger partial charge in [0.15, 0.2) is 18.1 Å². The fourth-order valence-corrected chi connectivity index (χ4v) is 4.01. The molecular formula is C28H32N2O5. The van der Waals surface area contributed by atoms with Gasteiger partial charge in [-0.05, 0) is 74.2 Å². The maximum atomic E-state index is 12.7.